The Bertz CT molecular complexity index is 812. The second-order valence-electron chi connectivity index (χ2n) is 13.7. The first-order valence-electron chi connectivity index (χ1n) is 20.5. The lowest BCUT2D eigenvalue weighted by Gasteiger charge is -2.19. The molecule has 278 valence electrons. The molecular formula is C44H79NO3. The zero-order chi connectivity index (χ0) is 35.0. The summed E-state index contributed by atoms with van der Waals surface area (Å²) in [4.78, 5) is 12.3. The first-order chi connectivity index (χ1) is 23.7. The van der Waals surface area contributed by atoms with Gasteiger partial charge >= 0.3 is 0 Å². The van der Waals surface area contributed by atoms with Crippen LogP contribution in [0.3, 0.4) is 0 Å². The van der Waals surface area contributed by atoms with Crippen molar-refractivity contribution in [2.24, 2.45) is 0 Å². The van der Waals surface area contributed by atoms with Crippen LogP contribution in [0.4, 0.5) is 0 Å². The number of hydrogen-bond acceptors (Lipinski definition) is 3. The minimum Gasteiger partial charge on any atom is -0.394 e. The van der Waals surface area contributed by atoms with E-state index < -0.39 is 12.1 Å². The van der Waals surface area contributed by atoms with E-state index in [0.29, 0.717) is 6.42 Å². The first-order valence-corrected chi connectivity index (χ1v) is 20.5. The molecule has 48 heavy (non-hydrogen) atoms. The van der Waals surface area contributed by atoms with Crippen LogP contribution in [0.15, 0.2) is 60.8 Å². The molecule has 0 aromatic rings. The third-order valence-electron chi connectivity index (χ3n) is 8.98. The molecule has 3 N–H and O–H groups in total. The fourth-order valence-corrected chi connectivity index (χ4v) is 5.85. The molecule has 0 aliphatic carbocycles. The van der Waals surface area contributed by atoms with Gasteiger partial charge in [-0.05, 0) is 64.2 Å². The van der Waals surface area contributed by atoms with Crippen LogP contribution in [0.2, 0.25) is 0 Å². The maximum absolute atomic E-state index is 12.3. The van der Waals surface area contributed by atoms with Crippen molar-refractivity contribution in [1.82, 2.24) is 5.32 Å². The summed E-state index contributed by atoms with van der Waals surface area (Å²) < 4.78 is 0. The van der Waals surface area contributed by atoms with Crippen molar-refractivity contribution in [3.8, 4) is 0 Å². The lowest BCUT2D eigenvalue weighted by Crippen LogP contribution is -2.45. The molecule has 0 aliphatic rings. The molecule has 0 radical (unpaired) electrons. The average Bonchev–Trinajstić information content (AvgIpc) is 3.09. The quantitative estimate of drug-likeness (QED) is 0.0459. The highest BCUT2D eigenvalue weighted by molar-refractivity contribution is 5.76. The van der Waals surface area contributed by atoms with Crippen molar-refractivity contribution >= 4 is 5.91 Å². The van der Waals surface area contributed by atoms with Crippen molar-refractivity contribution in [2.45, 2.75) is 206 Å². The molecule has 0 bridgehead atoms. The van der Waals surface area contributed by atoms with E-state index in [4.69, 9.17) is 0 Å². The van der Waals surface area contributed by atoms with E-state index in [1.807, 2.05) is 6.08 Å². The van der Waals surface area contributed by atoms with E-state index in [9.17, 15) is 15.0 Å². The highest BCUT2D eigenvalue weighted by Gasteiger charge is 2.17. The van der Waals surface area contributed by atoms with Gasteiger partial charge in [-0.1, -0.05) is 184 Å². The molecule has 0 saturated heterocycles. The number of unbranched alkanes of at least 4 members (excludes halogenated alkanes) is 21. The Balaban J connectivity index is 3.67. The molecule has 0 aromatic carbocycles. The summed E-state index contributed by atoms with van der Waals surface area (Å²) >= 11 is 0. The van der Waals surface area contributed by atoms with Gasteiger partial charge in [0.25, 0.3) is 0 Å². The van der Waals surface area contributed by atoms with Crippen molar-refractivity contribution in [3.63, 3.8) is 0 Å². The number of hydrogen-bond donors (Lipinski definition) is 3. The smallest absolute Gasteiger partial charge is 0.220 e. The summed E-state index contributed by atoms with van der Waals surface area (Å²) in [6.07, 6.45) is 54.6. The standard InChI is InChI=1S/C44H79NO3/c1-3-5-7-9-11-13-15-17-19-21-22-24-25-27-29-31-33-35-37-39-43(47)42(41-46)45-44(48)40-38-36-34-32-30-28-26-23-20-18-16-14-12-10-8-6-4-2/h6,8,12,14,18,20,29,31,37,39,42-43,46-47H,3-5,7,9-11,13,15-17,19,21-28,30,32-36,38,40-41H2,1-2H3,(H,45,48)/b8-6-,14-12-,20-18-,31-29+,39-37+. The minimum absolute atomic E-state index is 0.0864. The second-order valence-corrected chi connectivity index (χ2v) is 13.7. The van der Waals surface area contributed by atoms with E-state index in [-0.39, 0.29) is 12.5 Å². The van der Waals surface area contributed by atoms with Crippen LogP contribution in [0.5, 0.6) is 0 Å². The number of aliphatic hydroxyl groups excluding tert-OH is 2. The van der Waals surface area contributed by atoms with Crippen molar-refractivity contribution in [1.29, 1.82) is 0 Å². The molecule has 0 aliphatic heterocycles. The van der Waals surface area contributed by atoms with Crippen LogP contribution in [0.1, 0.15) is 194 Å². The van der Waals surface area contributed by atoms with Gasteiger partial charge in [-0.15, -0.1) is 0 Å². The predicted molar refractivity (Wildman–Crippen MR) is 211 cm³/mol. The van der Waals surface area contributed by atoms with Crippen molar-refractivity contribution < 1.29 is 15.0 Å². The normalized spacial score (nSPS) is 13.7. The van der Waals surface area contributed by atoms with Crippen LogP contribution in [-0.4, -0.2) is 34.9 Å². The molecule has 0 heterocycles. The zero-order valence-corrected chi connectivity index (χ0v) is 31.7. The number of aliphatic hydroxyl groups is 2. The van der Waals surface area contributed by atoms with Crippen LogP contribution >= 0.6 is 0 Å². The third-order valence-corrected chi connectivity index (χ3v) is 8.98. The minimum atomic E-state index is -0.868. The number of amides is 1. The topological polar surface area (TPSA) is 69.6 Å². The Hall–Kier alpha value is -1.91. The highest BCUT2D eigenvalue weighted by atomic mass is 16.3. The molecule has 0 saturated carbocycles. The molecule has 0 spiro atoms. The lowest BCUT2D eigenvalue weighted by atomic mass is 10.0. The maximum Gasteiger partial charge on any atom is 0.220 e. The number of nitrogens with one attached hydrogen (secondary N) is 1. The number of carbonyl (C=O) groups is 1. The Kier molecular flexibility index (Phi) is 38.0. The highest BCUT2D eigenvalue weighted by Crippen LogP contribution is 2.14. The van der Waals surface area contributed by atoms with Crippen LogP contribution in [0, 0.1) is 0 Å². The summed E-state index contributed by atoms with van der Waals surface area (Å²) in [7, 11) is 0. The Labute approximate surface area is 298 Å². The Morgan fingerprint density at radius 3 is 1.46 bits per heavy atom. The molecule has 4 nitrogen and oxygen atoms in total. The molecule has 1 amide bonds. The van der Waals surface area contributed by atoms with Gasteiger partial charge in [0.2, 0.25) is 5.91 Å². The van der Waals surface area contributed by atoms with E-state index in [0.717, 1.165) is 64.2 Å². The van der Waals surface area contributed by atoms with Gasteiger partial charge in [0.05, 0.1) is 18.8 Å². The fraction of sp³-hybridized carbons (Fsp3) is 0.750. The summed E-state index contributed by atoms with van der Waals surface area (Å²) in [5.41, 5.74) is 0. The summed E-state index contributed by atoms with van der Waals surface area (Å²) in [5.74, 6) is -0.0864. The van der Waals surface area contributed by atoms with Crippen molar-refractivity contribution in [2.75, 3.05) is 6.61 Å². The third kappa shape index (κ3) is 35.4. The predicted octanol–water partition coefficient (Wildman–Crippen LogP) is 12.6. The van der Waals surface area contributed by atoms with E-state index in [1.54, 1.807) is 6.08 Å². The maximum atomic E-state index is 12.3. The Morgan fingerprint density at radius 2 is 0.938 bits per heavy atom. The van der Waals surface area contributed by atoms with Crippen molar-refractivity contribution in [3.05, 3.63) is 60.8 Å². The molecule has 0 rings (SSSR count). The van der Waals surface area contributed by atoms with Crippen LogP contribution in [-0.2, 0) is 4.79 Å². The van der Waals surface area contributed by atoms with Crippen LogP contribution in [0.25, 0.3) is 0 Å². The van der Waals surface area contributed by atoms with E-state index in [1.165, 1.54) is 109 Å². The zero-order valence-electron chi connectivity index (χ0n) is 31.7. The molecule has 0 aromatic heterocycles. The first kappa shape index (κ1) is 46.1. The van der Waals surface area contributed by atoms with Gasteiger partial charge in [-0.25, -0.2) is 0 Å². The molecule has 0 fully saturated rings. The lowest BCUT2D eigenvalue weighted by molar-refractivity contribution is -0.123. The number of allylic oxidation sites excluding steroid dienone is 9. The van der Waals surface area contributed by atoms with Gasteiger partial charge in [0.1, 0.15) is 0 Å². The van der Waals surface area contributed by atoms with Gasteiger partial charge in [-0.3, -0.25) is 4.79 Å². The van der Waals surface area contributed by atoms with E-state index in [2.05, 4.69) is 67.8 Å². The summed E-state index contributed by atoms with van der Waals surface area (Å²) in [6.45, 7) is 4.18. The number of carbonyl (C=O) groups excluding carboxylic acids is 1. The van der Waals surface area contributed by atoms with Gasteiger partial charge in [0, 0.05) is 6.42 Å². The van der Waals surface area contributed by atoms with Crippen LogP contribution < -0.4 is 5.32 Å². The molecular weight excluding hydrogens is 590 g/mol. The summed E-state index contributed by atoms with van der Waals surface area (Å²) in [5, 5.41) is 22.9. The fourth-order valence-electron chi connectivity index (χ4n) is 5.85. The van der Waals surface area contributed by atoms with Gasteiger partial charge in [0.15, 0.2) is 0 Å². The SMILES string of the molecule is CC/C=C\C/C=C\C/C=C\CCCCCCCCCC(=O)NC(CO)C(O)/C=C/CC/C=C/CCCCCCCCCCCCCCC. The van der Waals surface area contributed by atoms with Gasteiger partial charge in [-0.2, -0.15) is 0 Å². The molecule has 2 unspecified atom stereocenters. The number of rotatable bonds is 36. The molecule has 2 atom stereocenters. The monoisotopic (exact) mass is 670 g/mol. The second kappa shape index (κ2) is 39.5. The van der Waals surface area contributed by atoms with E-state index >= 15 is 0 Å². The largest absolute Gasteiger partial charge is 0.394 e. The molecule has 4 heteroatoms. The summed E-state index contributed by atoms with van der Waals surface area (Å²) in [6, 6.07) is -0.645. The average molecular weight is 670 g/mol. The van der Waals surface area contributed by atoms with Gasteiger partial charge < -0.3 is 15.5 Å². The Morgan fingerprint density at radius 1 is 0.521 bits per heavy atom.